The highest BCUT2D eigenvalue weighted by Gasteiger charge is 2.11. The Labute approximate surface area is 101 Å². The van der Waals surface area contributed by atoms with Crippen LogP contribution in [-0.4, -0.2) is 30.2 Å². The fourth-order valence-corrected chi connectivity index (χ4v) is 2.50. The van der Waals surface area contributed by atoms with E-state index in [2.05, 4.69) is 9.71 Å². The Bertz CT molecular complexity index is 582. The maximum atomic E-state index is 11.2. The molecule has 0 bridgehead atoms. The second-order valence-electron chi connectivity index (χ2n) is 2.76. The Morgan fingerprint density at radius 1 is 1.71 bits per heavy atom. The van der Waals surface area contributed by atoms with Gasteiger partial charge in [-0.3, -0.25) is 4.72 Å². The summed E-state index contributed by atoms with van der Waals surface area (Å²) >= 11 is 0.967. The number of sulfonamides is 1. The number of carboxylic acid groups (broad SMARTS) is 1. The van der Waals surface area contributed by atoms with Gasteiger partial charge in [0.15, 0.2) is 10.9 Å². The number of hydrogen-bond donors (Lipinski definition) is 2. The molecule has 17 heavy (non-hydrogen) atoms. The second kappa shape index (κ2) is 5.42. The first kappa shape index (κ1) is 13.1. The third kappa shape index (κ3) is 4.62. The van der Waals surface area contributed by atoms with Crippen LogP contribution >= 0.6 is 11.3 Å². The number of thiazole rings is 1. The van der Waals surface area contributed by atoms with Crippen molar-refractivity contribution in [2.24, 2.45) is 0 Å². The van der Waals surface area contributed by atoms with Gasteiger partial charge >= 0.3 is 5.97 Å². The van der Waals surface area contributed by atoms with E-state index >= 15 is 0 Å². The van der Waals surface area contributed by atoms with Crippen LogP contribution in [0.1, 0.15) is 4.88 Å². The average molecular weight is 273 g/mol. The van der Waals surface area contributed by atoms with Crippen molar-refractivity contribution in [2.45, 2.75) is 0 Å². The van der Waals surface area contributed by atoms with Crippen LogP contribution in [0.4, 0.5) is 5.13 Å². The highest BCUT2D eigenvalue weighted by molar-refractivity contribution is 7.93. The highest BCUT2D eigenvalue weighted by Crippen LogP contribution is 2.20. The van der Waals surface area contributed by atoms with Crippen LogP contribution in [0.3, 0.4) is 0 Å². The Hall–Kier alpha value is -1.92. The lowest BCUT2D eigenvalue weighted by Gasteiger charge is -1.98. The SMILES string of the molecule is N#CCS(=O)(=O)Nc1ncc(C=CC(=O)O)s1. The van der Waals surface area contributed by atoms with Gasteiger partial charge in [-0.2, -0.15) is 5.26 Å². The van der Waals surface area contributed by atoms with Crippen LogP contribution < -0.4 is 4.72 Å². The van der Waals surface area contributed by atoms with Crippen LogP contribution in [0, 0.1) is 11.3 Å². The second-order valence-corrected chi connectivity index (χ2v) is 5.54. The molecule has 9 heteroatoms. The molecular weight excluding hydrogens is 266 g/mol. The molecule has 0 aliphatic rings. The third-order valence-corrected chi connectivity index (χ3v) is 3.43. The van der Waals surface area contributed by atoms with Gasteiger partial charge in [-0.15, -0.1) is 0 Å². The summed E-state index contributed by atoms with van der Waals surface area (Å²) in [7, 11) is -3.71. The topological polar surface area (TPSA) is 120 Å². The lowest BCUT2D eigenvalue weighted by Crippen LogP contribution is -2.15. The van der Waals surface area contributed by atoms with Crippen molar-refractivity contribution in [1.82, 2.24) is 4.98 Å². The Balaban J connectivity index is 2.77. The number of anilines is 1. The molecule has 1 aromatic rings. The molecular formula is C8H7N3O4S2. The fraction of sp³-hybridized carbons (Fsp3) is 0.125. The minimum Gasteiger partial charge on any atom is -0.478 e. The minimum absolute atomic E-state index is 0.0882. The number of nitriles is 1. The summed E-state index contributed by atoms with van der Waals surface area (Å²) in [5.74, 6) is -1.77. The number of rotatable bonds is 5. The number of aliphatic carboxylic acids is 1. The summed E-state index contributed by atoms with van der Waals surface area (Å²) in [5, 5.41) is 16.7. The lowest BCUT2D eigenvalue weighted by atomic mass is 10.4. The zero-order chi connectivity index (χ0) is 12.9. The van der Waals surface area contributed by atoms with Crippen LogP contribution in [0.25, 0.3) is 6.08 Å². The predicted molar refractivity (Wildman–Crippen MR) is 61.8 cm³/mol. The average Bonchev–Trinajstić information content (AvgIpc) is 2.61. The quantitative estimate of drug-likeness (QED) is 0.754. The Morgan fingerprint density at radius 2 is 2.41 bits per heavy atom. The molecule has 1 aromatic heterocycles. The summed E-state index contributed by atoms with van der Waals surface area (Å²) < 4.78 is 24.5. The molecule has 0 unspecified atom stereocenters. The van der Waals surface area contributed by atoms with Crippen LogP contribution in [-0.2, 0) is 14.8 Å². The van der Waals surface area contributed by atoms with Crippen molar-refractivity contribution < 1.29 is 18.3 Å². The molecule has 0 aliphatic heterocycles. The normalized spacial score (nSPS) is 11.2. The molecule has 90 valence electrons. The summed E-state index contributed by atoms with van der Waals surface area (Å²) in [6, 6.07) is 1.51. The summed E-state index contributed by atoms with van der Waals surface area (Å²) in [6.45, 7) is 0. The molecule has 0 radical (unpaired) electrons. The van der Waals surface area contributed by atoms with E-state index in [1.165, 1.54) is 18.3 Å². The van der Waals surface area contributed by atoms with Gasteiger partial charge in [-0.25, -0.2) is 18.2 Å². The monoisotopic (exact) mass is 273 g/mol. The highest BCUT2D eigenvalue weighted by atomic mass is 32.2. The van der Waals surface area contributed by atoms with E-state index < -0.39 is 21.7 Å². The van der Waals surface area contributed by atoms with E-state index in [0.717, 1.165) is 17.4 Å². The van der Waals surface area contributed by atoms with Gasteiger partial charge in [0.2, 0.25) is 10.0 Å². The van der Waals surface area contributed by atoms with Gasteiger partial charge in [-0.1, -0.05) is 11.3 Å². The molecule has 0 saturated heterocycles. The predicted octanol–water partition coefficient (Wildman–Crippen LogP) is 0.506. The minimum atomic E-state index is -3.71. The third-order valence-electron chi connectivity index (χ3n) is 1.41. The maximum absolute atomic E-state index is 11.2. The van der Waals surface area contributed by atoms with E-state index in [9.17, 15) is 13.2 Å². The lowest BCUT2D eigenvalue weighted by molar-refractivity contribution is -0.131. The molecule has 0 atom stereocenters. The van der Waals surface area contributed by atoms with E-state index in [1.807, 2.05) is 0 Å². The first-order valence-electron chi connectivity index (χ1n) is 4.17. The summed E-state index contributed by atoms with van der Waals surface area (Å²) in [5.41, 5.74) is 0. The van der Waals surface area contributed by atoms with E-state index in [4.69, 9.17) is 10.4 Å². The van der Waals surface area contributed by atoms with E-state index in [0.29, 0.717) is 4.88 Å². The number of nitrogens with one attached hydrogen (secondary N) is 1. The molecule has 0 spiro atoms. The number of aromatic nitrogens is 1. The van der Waals surface area contributed by atoms with Gasteiger partial charge in [-0.05, 0) is 6.08 Å². The van der Waals surface area contributed by atoms with Crippen molar-refractivity contribution >= 4 is 38.5 Å². The van der Waals surface area contributed by atoms with E-state index in [1.54, 1.807) is 0 Å². The van der Waals surface area contributed by atoms with Crippen molar-refractivity contribution in [3.63, 3.8) is 0 Å². The summed E-state index contributed by atoms with van der Waals surface area (Å²) in [4.78, 5) is 14.5. The fourth-order valence-electron chi connectivity index (χ4n) is 0.818. The molecule has 7 nitrogen and oxygen atoms in total. The molecule has 0 saturated carbocycles. The number of nitrogens with zero attached hydrogens (tertiary/aromatic N) is 2. The molecule has 1 heterocycles. The van der Waals surface area contributed by atoms with Crippen molar-refractivity contribution in [2.75, 3.05) is 10.5 Å². The van der Waals surface area contributed by atoms with Gasteiger partial charge < -0.3 is 5.11 Å². The molecule has 0 aromatic carbocycles. The zero-order valence-electron chi connectivity index (χ0n) is 8.32. The Morgan fingerprint density at radius 3 is 3.00 bits per heavy atom. The molecule has 0 fully saturated rings. The van der Waals surface area contributed by atoms with Gasteiger partial charge in [0.25, 0.3) is 0 Å². The van der Waals surface area contributed by atoms with Crippen molar-refractivity contribution in [1.29, 1.82) is 5.26 Å². The summed E-state index contributed by atoms with van der Waals surface area (Å²) in [6.07, 6.45) is 3.54. The molecule has 1 rings (SSSR count). The smallest absolute Gasteiger partial charge is 0.328 e. The largest absolute Gasteiger partial charge is 0.478 e. The Kier molecular flexibility index (Phi) is 4.19. The standard InChI is InChI=1S/C8H7N3O4S2/c9-3-4-17(14,15)11-8-10-5-6(16-8)1-2-7(12)13/h1-2,5H,4H2,(H,10,11)(H,12,13). The van der Waals surface area contributed by atoms with Crippen LogP contribution in [0.5, 0.6) is 0 Å². The van der Waals surface area contributed by atoms with E-state index in [-0.39, 0.29) is 5.13 Å². The van der Waals surface area contributed by atoms with Gasteiger partial charge in [0, 0.05) is 17.2 Å². The van der Waals surface area contributed by atoms with Gasteiger partial charge in [0.1, 0.15) is 0 Å². The first-order valence-corrected chi connectivity index (χ1v) is 6.64. The van der Waals surface area contributed by atoms with Gasteiger partial charge in [0.05, 0.1) is 6.07 Å². The van der Waals surface area contributed by atoms with Crippen molar-refractivity contribution in [3.8, 4) is 6.07 Å². The van der Waals surface area contributed by atoms with Crippen molar-refractivity contribution in [3.05, 3.63) is 17.2 Å². The molecule has 0 amide bonds. The molecule has 2 N–H and O–H groups in total. The number of hydrogen-bond acceptors (Lipinski definition) is 6. The maximum Gasteiger partial charge on any atom is 0.328 e. The van der Waals surface area contributed by atoms with Crippen LogP contribution in [0.15, 0.2) is 12.3 Å². The number of carboxylic acids is 1. The first-order chi connectivity index (χ1) is 7.93. The number of carbonyl (C=O) groups is 1. The molecule has 0 aliphatic carbocycles. The zero-order valence-corrected chi connectivity index (χ0v) is 9.96. The van der Waals surface area contributed by atoms with Crippen LogP contribution in [0.2, 0.25) is 0 Å².